The van der Waals surface area contributed by atoms with Crippen molar-refractivity contribution in [3.05, 3.63) is 54.6 Å². The van der Waals surface area contributed by atoms with Gasteiger partial charge in [-0.3, -0.25) is 4.79 Å². The number of carbonyl (C=O) groups is 1. The van der Waals surface area contributed by atoms with Crippen LogP contribution in [-0.2, 0) is 11.2 Å². The Bertz CT molecular complexity index is 954. The standard InChI is InChI=1S/C16H13N5O/c22-14(19-10-4-2-1-3-5-10)8-13-20-12-9-18-16-11(6-7-17-16)15(12)21-13/h1-7,9H,8H2,(H,17,18)(H,19,22)(H,20,21). The third kappa shape index (κ3) is 2.20. The molecule has 6 nitrogen and oxygen atoms in total. The maximum atomic E-state index is 12.1. The van der Waals surface area contributed by atoms with Crippen molar-refractivity contribution in [3.63, 3.8) is 0 Å². The minimum Gasteiger partial charge on any atom is -0.346 e. The number of H-pyrrole nitrogens is 2. The Kier molecular flexibility index (Phi) is 2.86. The predicted molar refractivity (Wildman–Crippen MR) is 84.5 cm³/mol. The van der Waals surface area contributed by atoms with Gasteiger partial charge in [0.2, 0.25) is 5.91 Å². The zero-order valence-corrected chi connectivity index (χ0v) is 11.6. The van der Waals surface area contributed by atoms with E-state index in [-0.39, 0.29) is 12.3 Å². The molecular weight excluding hydrogens is 278 g/mol. The molecule has 6 heteroatoms. The first-order valence-corrected chi connectivity index (χ1v) is 6.95. The quantitative estimate of drug-likeness (QED) is 0.542. The number of aromatic amines is 2. The van der Waals surface area contributed by atoms with E-state index in [1.807, 2.05) is 42.6 Å². The number of amides is 1. The molecule has 0 spiro atoms. The van der Waals surface area contributed by atoms with Crippen LogP contribution in [0.3, 0.4) is 0 Å². The van der Waals surface area contributed by atoms with Crippen LogP contribution in [0.15, 0.2) is 48.8 Å². The molecule has 1 amide bonds. The molecule has 0 unspecified atom stereocenters. The lowest BCUT2D eigenvalue weighted by Crippen LogP contribution is -2.15. The summed E-state index contributed by atoms with van der Waals surface area (Å²) >= 11 is 0. The van der Waals surface area contributed by atoms with Crippen LogP contribution in [0.2, 0.25) is 0 Å². The molecule has 0 atom stereocenters. The summed E-state index contributed by atoms with van der Waals surface area (Å²) in [5, 5.41) is 3.82. The molecule has 0 aliphatic heterocycles. The third-order valence-corrected chi connectivity index (χ3v) is 3.48. The highest BCUT2D eigenvalue weighted by atomic mass is 16.1. The molecule has 3 heterocycles. The molecule has 0 bridgehead atoms. The van der Waals surface area contributed by atoms with Gasteiger partial charge in [-0.15, -0.1) is 0 Å². The van der Waals surface area contributed by atoms with Crippen molar-refractivity contribution in [2.45, 2.75) is 6.42 Å². The first-order valence-electron chi connectivity index (χ1n) is 6.95. The van der Waals surface area contributed by atoms with Crippen LogP contribution in [-0.4, -0.2) is 25.8 Å². The summed E-state index contributed by atoms with van der Waals surface area (Å²) in [6, 6.07) is 11.3. The van der Waals surface area contributed by atoms with Crippen molar-refractivity contribution in [1.29, 1.82) is 0 Å². The number of rotatable bonds is 3. The number of carbonyl (C=O) groups excluding carboxylic acids is 1. The molecule has 1 aromatic carbocycles. The maximum Gasteiger partial charge on any atom is 0.231 e. The molecule has 4 rings (SSSR count). The molecular formula is C16H13N5O. The fourth-order valence-corrected chi connectivity index (χ4v) is 2.49. The lowest BCUT2D eigenvalue weighted by Gasteiger charge is -2.02. The van der Waals surface area contributed by atoms with E-state index >= 15 is 0 Å². The Morgan fingerprint density at radius 3 is 2.91 bits per heavy atom. The Balaban J connectivity index is 1.60. The third-order valence-electron chi connectivity index (χ3n) is 3.48. The van der Waals surface area contributed by atoms with Crippen LogP contribution in [0.5, 0.6) is 0 Å². The summed E-state index contributed by atoms with van der Waals surface area (Å²) in [6.45, 7) is 0. The summed E-state index contributed by atoms with van der Waals surface area (Å²) < 4.78 is 0. The SMILES string of the molecule is O=C(Cc1nc2cnc3[nH]ccc3c2[nH]1)Nc1ccccc1. The molecule has 108 valence electrons. The Labute approximate surface area is 125 Å². The molecule has 0 aliphatic carbocycles. The van der Waals surface area contributed by atoms with Crippen LogP contribution in [0.25, 0.3) is 22.1 Å². The van der Waals surface area contributed by atoms with Gasteiger partial charge in [0.05, 0.1) is 18.1 Å². The van der Waals surface area contributed by atoms with Crippen LogP contribution >= 0.6 is 0 Å². The molecule has 3 N–H and O–H groups in total. The minimum absolute atomic E-state index is 0.108. The number of pyridine rings is 1. The molecule has 4 aromatic rings. The van der Waals surface area contributed by atoms with E-state index in [9.17, 15) is 4.79 Å². The summed E-state index contributed by atoms with van der Waals surface area (Å²) in [6.07, 6.45) is 3.72. The first kappa shape index (κ1) is 12.6. The largest absolute Gasteiger partial charge is 0.346 e. The van der Waals surface area contributed by atoms with Gasteiger partial charge < -0.3 is 15.3 Å². The monoisotopic (exact) mass is 291 g/mol. The van der Waals surface area contributed by atoms with Crippen LogP contribution in [0.4, 0.5) is 5.69 Å². The molecule has 3 aromatic heterocycles. The number of benzene rings is 1. The van der Waals surface area contributed by atoms with E-state index < -0.39 is 0 Å². The van der Waals surface area contributed by atoms with Crippen molar-refractivity contribution in [2.24, 2.45) is 0 Å². The van der Waals surface area contributed by atoms with Crippen LogP contribution in [0, 0.1) is 0 Å². The zero-order valence-electron chi connectivity index (χ0n) is 11.6. The number of fused-ring (bicyclic) bond motifs is 3. The van der Waals surface area contributed by atoms with Crippen molar-refractivity contribution >= 4 is 33.7 Å². The second-order valence-electron chi connectivity index (χ2n) is 5.03. The van der Waals surface area contributed by atoms with E-state index in [0.29, 0.717) is 5.82 Å². The highest BCUT2D eigenvalue weighted by Crippen LogP contribution is 2.20. The van der Waals surface area contributed by atoms with E-state index in [0.717, 1.165) is 27.8 Å². The van der Waals surface area contributed by atoms with Gasteiger partial charge >= 0.3 is 0 Å². The molecule has 0 saturated carbocycles. The predicted octanol–water partition coefficient (Wildman–Crippen LogP) is 2.62. The van der Waals surface area contributed by atoms with Gasteiger partial charge in [0.1, 0.15) is 17.0 Å². The van der Waals surface area contributed by atoms with Gasteiger partial charge in [-0.2, -0.15) is 0 Å². The number of aromatic nitrogens is 4. The van der Waals surface area contributed by atoms with E-state index in [1.54, 1.807) is 6.20 Å². The van der Waals surface area contributed by atoms with E-state index in [2.05, 4.69) is 25.3 Å². The van der Waals surface area contributed by atoms with Crippen LogP contribution in [0.1, 0.15) is 5.82 Å². The molecule has 0 radical (unpaired) electrons. The van der Waals surface area contributed by atoms with Gasteiger partial charge in [-0.25, -0.2) is 9.97 Å². The number of anilines is 1. The normalized spacial score (nSPS) is 11.1. The van der Waals surface area contributed by atoms with Crippen molar-refractivity contribution in [2.75, 3.05) is 5.32 Å². The van der Waals surface area contributed by atoms with Crippen molar-refractivity contribution in [3.8, 4) is 0 Å². The minimum atomic E-state index is -0.108. The average Bonchev–Trinajstić information content (AvgIpc) is 3.12. The number of hydrogen-bond donors (Lipinski definition) is 3. The molecule has 0 fully saturated rings. The van der Waals surface area contributed by atoms with E-state index in [1.165, 1.54) is 0 Å². The fraction of sp³-hybridized carbons (Fsp3) is 0.0625. The topological polar surface area (TPSA) is 86.5 Å². The maximum absolute atomic E-state index is 12.1. The Hall–Kier alpha value is -3.15. The fourth-order valence-electron chi connectivity index (χ4n) is 2.49. The van der Waals surface area contributed by atoms with Gasteiger partial charge in [0.25, 0.3) is 0 Å². The number of imidazole rings is 1. The van der Waals surface area contributed by atoms with E-state index in [4.69, 9.17) is 0 Å². The number of hydrogen-bond acceptors (Lipinski definition) is 3. The smallest absolute Gasteiger partial charge is 0.231 e. The number of nitrogens with zero attached hydrogens (tertiary/aromatic N) is 2. The van der Waals surface area contributed by atoms with Gasteiger partial charge in [0, 0.05) is 17.3 Å². The second kappa shape index (κ2) is 5.00. The highest BCUT2D eigenvalue weighted by Gasteiger charge is 2.11. The van der Waals surface area contributed by atoms with Crippen molar-refractivity contribution in [1.82, 2.24) is 19.9 Å². The van der Waals surface area contributed by atoms with Gasteiger partial charge in [-0.1, -0.05) is 18.2 Å². The van der Waals surface area contributed by atoms with Crippen molar-refractivity contribution < 1.29 is 4.79 Å². The first-order chi connectivity index (χ1) is 10.8. The molecule has 0 saturated heterocycles. The highest BCUT2D eigenvalue weighted by molar-refractivity contribution is 6.01. The summed E-state index contributed by atoms with van der Waals surface area (Å²) in [5.74, 6) is 0.516. The summed E-state index contributed by atoms with van der Waals surface area (Å²) in [5.41, 5.74) is 3.23. The van der Waals surface area contributed by atoms with Gasteiger partial charge in [-0.05, 0) is 18.2 Å². The Morgan fingerprint density at radius 1 is 1.18 bits per heavy atom. The average molecular weight is 291 g/mol. The second-order valence-corrected chi connectivity index (χ2v) is 5.03. The zero-order chi connectivity index (χ0) is 14.9. The summed E-state index contributed by atoms with van der Waals surface area (Å²) in [7, 11) is 0. The molecule has 22 heavy (non-hydrogen) atoms. The number of para-hydroxylation sites is 1. The van der Waals surface area contributed by atoms with Gasteiger partial charge in [0.15, 0.2) is 0 Å². The Morgan fingerprint density at radius 2 is 2.05 bits per heavy atom. The molecule has 0 aliphatic rings. The summed E-state index contributed by atoms with van der Waals surface area (Å²) in [4.78, 5) is 27.1. The number of nitrogens with one attached hydrogen (secondary N) is 3. The lowest BCUT2D eigenvalue weighted by molar-refractivity contribution is -0.115. The lowest BCUT2D eigenvalue weighted by atomic mass is 10.3. The van der Waals surface area contributed by atoms with Crippen LogP contribution < -0.4 is 5.32 Å².